The second-order valence-corrected chi connectivity index (χ2v) is 6.64. The molecule has 25 heavy (non-hydrogen) atoms. The van der Waals surface area contributed by atoms with Gasteiger partial charge in [-0.05, 0) is 43.5 Å². The minimum Gasteiger partial charge on any atom is -0.449 e. The maximum atomic E-state index is 6.45. The minimum atomic E-state index is 0.123. The Labute approximate surface area is 151 Å². The first-order chi connectivity index (χ1) is 12.3. The molecule has 2 atom stereocenters. The van der Waals surface area contributed by atoms with Crippen LogP contribution in [0.2, 0.25) is 5.02 Å². The molecule has 1 saturated heterocycles. The summed E-state index contributed by atoms with van der Waals surface area (Å²) < 4.78 is 5.32. The van der Waals surface area contributed by atoms with Crippen LogP contribution in [0.5, 0.6) is 0 Å². The lowest BCUT2D eigenvalue weighted by atomic mass is 9.94. The highest BCUT2D eigenvalue weighted by Gasteiger charge is 2.26. The van der Waals surface area contributed by atoms with Crippen molar-refractivity contribution in [2.45, 2.75) is 37.8 Å². The molecule has 1 fully saturated rings. The van der Waals surface area contributed by atoms with E-state index in [1.54, 1.807) is 12.5 Å². The van der Waals surface area contributed by atoms with E-state index in [0.29, 0.717) is 17.3 Å². The number of pyridine rings is 2. The molecule has 0 saturated carbocycles. The number of aromatic nitrogens is 3. The fraction of sp³-hybridized carbons (Fsp3) is 0.316. The molecule has 128 valence electrons. The van der Waals surface area contributed by atoms with Gasteiger partial charge in [0, 0.05) is 12.2 Å². The Kier molecular flexibility index (Phi) is 4.76. The van der Waals surface area contributed by atoms with Crippen molar-refractivity contribution in [1.82, 2.24) is 20.3 Å². The molecule has 0 aromatic carbocycles. The zero-order valence-electron chi connectivity index (χ0n) is 13.7. The van der Waals surface area contributed by atoms with Gasteiger partial charge in [-0.25, -0.2) is 4.98 Å². The molecule has 1 N–H and O–H groups in total. The number of halogens is 1. The van der Waals surface area contributed by atoms with Crippen molar-refractivity contribution in [2.24, 2.45) is 0 Å². The highest BCUT2D eigenvalue weighted by Crippen LogP contribution is 2.34. The molecule has 1 aliphatic rings. The van der Waals surface area contributed by atoms with Crippen LogP contribution in [-0.4, -0.2) is 15.0 Å². The highest BCUT2D eigenvalue weighted by atomic mass is 35.5. The Morgan fingerprint density at radius 3 is 2.80 bits per heavy atom. The number of piperidine rings is 1. The van der Waals surface area contributed by atoms with Crippen molar-refractivity contribution in [3.8, 4) is 0 Å². The van der Waals surface area contributed by atoms with Gasteiger partial charge in [0.05, 0.1) is 40.8 Å². The van der Waals surface area contributed by atoms with Gasteiger partial charge in [-0.3, -0.25) is 9.97 Å². The minimum absolute atomic E-state index is 0.123. The maximum Gasteiger partial charge on any atom is 0.199 e. The van der Waals surface area contributed by atoms with Crippen LogP contribution >= 0.6 is 11.6 Å². The number of oxazole rings is 1. The van der Waals surface area contributed by atoms with Gasteiger partial charge in [-0.1, -0.05) is 17.7 Å². The van der Waals surface area contributed by atoms with Crippen LogP contribution in [0.3, 0.4) is 0 Å². The molecular formula is C19H19ClN4O. The average molecular weight is 355 g/mol. The Morgan fingerprint density at radius 2 is 2.00 bits per heavy atom. The number of nitrogens with one attached hydrogen (secondary N) is 1. The molecule has 3 aromatic heterocycles. The van der Waals surface area contributed by atoms with Crippen LogP contribution in [0.25, 0.3) is 0 Å². The van der Waals surface area contributed by atoms with Gasteiger partial charge in [-0.2, -0.15) is 0 Å². The molecular weight excluding hydrogens is 336 g/mol. The van der Waals surface area contributed by atoms with Crippen LogP contribution in [0.4, 0.5) is 0 Å². The Hall–Kier alpha value is -2.24. The molecule has 0 aliphatic carbocycles. The lowest BCUT2D eigenvalue weighted by Crippen LogP contribution is -2.32. The molecule has 0 amide bonds. The highest BCUT2D eigenvalue weighted by molar-refractivity contribution is 6.31. The summed E-state index contributed by atoms with van der Waals surface area (Å²) in [6, 6.07) is 10.2. The molecule has 0 spiro atoms. The molecule has 0 bridgehead atoms. The topological polar surface area (TPSA) is 63.8 Å². The molecule has 1 aliphatic heterocycles. The number of nitrogens with zero attached hydrogens (tertiary/aromatic N) is 3. The van der Waals surface area contributed by atoms with Gasteiger partial charge in [0.2, 0.25) is 0 Å². The molecule has 2 unspecified atom stereocenters. The third kappa shape index (κ3) is 3.72. The second kappa shape index (κ2) is 7.33. The van der Waals surface area contributed by atoms with Crippen molar-refractivity contribution >= 4 is 11.6 Å². The van der Waals surface area contributed by atoms with E-state index < -0.39 is 0 Å². The molecule has 6 heteroatoms. The van der Waals surface area contributed by atoms with Crippen LogP contribution in [-0.2, 0) is 6.42 Å². The Morgan fingerprint density at radius 1 is 1.08 bits per heavy atom. The molecule has 0 radical (unpaired) electrons. The summed E-state index contributed by atoms with van der Waals surface area (Å²) in [5, 5.41) is 4.35. The van der Waals surface area contributed by atoms with Crippen molar-refractivity contribution in [2.75, 3.05) is 0 Å². The van der Waals surface area contributed by atoms with Crippen LogP contribution in [0, 0.1) is 0 Å². The lowest BCUT2D eigenvalue weighted by Gasteiger charge is -2.31. The standard InChI is InChI=1S/C19H19ClN4O/c20-14-8-7-13(12-18-22-10-11-25-18)23-19(14)17-6-3-5-16(24-17)15-4-1-2-9-21-15/h1-2,4,7-11,16-17,24H,3,5-6,12H2. The first-order valence-electron chi connectivity index (χ1n) is 8.50. The van der Waals surface area contributed by atoms with E-state index in [0.717, 1.165) is 36.3 Å². The molecule has 4 heterocycles. The summed E-state index contributed by atoms with van der Waals surface area (Å²) in [7, 11) is 0. The quantitative estimate of drug-likeness (QED) is 0.758. The monoisotopic (exact) mass is 354 g/mol. The van der Waals surface area contributed by atoms with Gasteiger partial charge >= 0.3 is 0 Å². The second-order valence-electron chi connectivity index (χ2n) is 6.23. The van der Waals surface area contributed by atoms with Crippen molar-refractivity contribution in [3.05, 3.63) is 77.0 Å². The van der Waals surface area contributed by atoms with E-state index in [1.807, 2.05) is 30.5 Å². The number of hydrogen-bond acceptors (Lipinski definition) is 5. The van der Waals surface area contributed by atoms with Crippen molar-refractivity contribution < 1.29 is 4.42 Å². The third-order valence-electron chi connectivity index (χ3n) is 4.51. The van der Waals surface area contributed by atoms with Gasteiger partial charge in [0.1, 0.15) is 6.26 Å². The largest absolute Gasteiger partial charge is 0.449 e. The summed E-state index contributed by atoms with van der Waals surface area (Å²) in [5.41, 5.74) is 2.87. The summed E-state index contributed by atoms with van der Waals surface area (Å²) in [6.45, 7) is 0. The predicted molar refractivity (Wildman–Crippen MR) is 95.3 cm³/mol. The van der Waals surface area contributed by atoms with Crippen molar-refractivity contribution in [3.63, 3.8) is 0 Å². The molecule has 3 aromatic rings. The van der Waals surface area contributed by atoms with E-state index in [1.165, 1.54) is 0 Å². The fourth-order valence-corrected chi connectivity index (χ4v) is 3.54. The smallest absolute Gasteiger partial charge is 0.199 e. The fourth-order valence-electron chi connectivity index (χ4n) is 3.30. The van der Waals surface area contributed by atoms with E-state index in [4.69, 9.17) is 21.0 Å². The SMILES string of the molecule is Clc1ccc(Cc2ncco2)nc1C1CCCC(c2ccccn2)N1. The van der Waals surface area contributed by atoms with E-state index in [9.17, 15) is 0 Å². The van der Waals surface area contributed by atoms with E-state index >= 15 is 0 Å². The summed E-state index contributed by atoms with van der Waals surface area (Å²) in [4.78, 5) is 13.4. The Balaban J connectivity index is 1.56. The van der Waals surface area contributed by atoms with Crippen molar-refractivity contribution in [1.29, 1.82) is 0 Å². The van der Waals surface area contributed by atoms with Crippen LogP contribution < -0.4 is 5.32 Å². The average Bonchev–Trinajstić information content (AvgIpc) is 3.17. The zero-order valence-corrected chi connectivity index (χ0v) is 14.5. The van der Waals surface area contributed by atoms with Gasteiger partial charge in [-0.15, -0.1) is 0 Å². The third-order valence-corrected chi connectivity index (χ3v) is 4.83. The van der Waals surface area contributed by atoms with E-state index in [-0.39, 0.29) is 12.1 Å². The maximum absolute atomic E-state index is 6.45. The van der Waals surface area contributed by atoms with Gasteiger partial charge in [0.15, 0.2) is 5.89 Å². The first-order valence-corrected chi connectivity index (χ1v) is 8.88. The van der Waals surface area contributed by atoms with Gasteiger partial charge in [0.25, 0.3) is 0 Å². The first kappa shape index (κ1) is 16.2. The van der Waals surface area contributed by atoms with E-state index in [2.05, 4.69) is 21.4 Å². The zero-order chi connectivity index (χ0) is 17.1. The van der Waals surface area contributed by atoms with Gasteiger partial charge < -0.3 is 9.73 Å². The number of rotatable bonds is 4. The Bertz CT molecular complexity index is 823. The molecule has 4 rings (SSSR count). The predicted octanol–water partition coefficient (Wildman–Crippen LogP) is 4.26. The summed E-state index contributed by atoms with van der Waals surface area (Å²) in [6.07, 6.45) is 8.82. The normalized spacial score (nSPS) is 20.5. The van der Waals surface area contributed by atoms with Crippen LogP contribution in [0.1, 0.15) is 54.3 Å². The lowest BCUT2D eigenvalue weighted by molar-refractivity contribution is 0.321. The summed E-state index contributed by atoms with van der Waals surface area (Å²) in [5.74, 6) is 0.656. The number of hydrogen-bond donors (Lipinski definition) is 1. The molecule has 5 nitrogen and oxygen atoms in total. The summed E-state index contributed by atoms with van der Waals surface area (Å²) >= 11 is 6.45. The van der Waals surface area contributed by atoms with Crippen LogP contribution in [0.15, 0.2) is 53.4 Å².